The second-order valence-corrected chi connectivity index (χ2v) is 5.48. The number of nitrogens with zero attached hydrogens (tertiary/aromatic N) is 1. The van der Waals surface area contributed by atoms with Crippen LogP contribution in [0.5, 0.6) is 0 Å². The van der Waals surface area contributed by atoms with Gasteiger partial charge in [0.25, 0.3) is 0 Å². The Morgan fingerprint density at radius 2 is 2.00 bits per heavy atom. The minimum atomic E-state index is -0.406. The fraction of sp³-hybridized carbons (Fsp3) is 0.500. The molecule has 92 valence electrons. The number of benzene rings is 1. The minimum absolute atomic E-state index is 0.196. The highest BCUT2D eigenvalue weighted by Crippen LogP contribution is 2.24. The standard InChI is InChI=1S/C14H19NO2/c1-14(2,3)17-13(16)15-10-12(15)9-11-7-5-4-6-8-11/h4-8,12H,9-10H2,1-3H3/t12-,15?/m1/s1. The van der Waals surface area contributed by atoms with Gasteiger partial charge in [0.2, 0.25) is 0 Å². The van der Waals surface area contributed by atoms with Crippen molar-refractivity contribution in [3.05, 3.63) is 35.9 Å². The van der Waals surface area contributed by atoms with Crippen LogP contribution in [0.1, 0.15) is 26.3 Å². The summed E-state index contributed by atoms with van der Waals surface area (Å²) in [5.41, 5.74) is 0.861. The van der Waals surface area contributed by atoms with Gasteiger partial charge in [0.1, 0.15) is 5.60 Å². The molecule has 2 rings (SSSR count). The van der Waals surface area contributed by atoms with Gasteiger partial charge >= 0.3 is 6.09 Å². The summed E-state index contributed by atoms with van der Waals surface area (Å²) in [5.74, 6) is 0. The van der Waals surface area contributed by atoms with Gasteiger partial charge in [0, 0.05) is 6.54 Å². The van der Waals surface area contributed by atoms with Crippen LogP contribution in [0.25, 0.3) is 0 Å². The van der Waals surface area contributed by atoms with Crippen molar-refractivity contribution in [3.8, 4) is 0 Å². The average Bonchev–Trinajstić information content (AvgIpc) is 2.96. The normalized spacial score (nSPS) is 19.0. The number of hydrogen-bond acceptors (Lipinski definition) is 2. The van der Waals surface area contributed by atoms with E-state index in [2.05, 4.69) is 12.1 Å². The Morgan fingerprint density at radius 1 is 1.35 bits per heavy atom. The molecule has 3 heteroatoms. The minimum Gasteiger partial charge on any atom is -0.444 e. The summed E-state index contributed by atoms with van der Waals surface area (Å²) in [6.45, 7) is 6.48. The predicted molar refractivity (Wildman–Crippen MR) is 66.9 cm³/mol. The lowest BCUT2D eigenvalue weighted by Gasteiger charge is -2.19. The van der Waals surface area contributed by atoms with Crippen LogP contribution in [-0.2, 0) is 11.2 Å². The molecule has 3 nitrogen and oxygen atoms in total. The van der Waals surface area contributed by atoms with Crippen LogP contribution in [0, 0.1) is 0 Å². The quantitative estimate of drug-likeness (QED) is 0.735. The molecule has 0 spiro atoms. The summed E-state index contributed by atoms with van der Waals surface area (Å²) in [4.78, 5) is 13.5. The molecule has 1 aliphatic rings. The third-order valence-electron chi connectivity index (χ3n) is 2.66. The van der Waals surface area contributed by atoms with Gasteiger partial charge in [-0.2, -0.15) is 0 Å². The topological polar surface area (TPSA) is 29.3 Å². The van der Waals surface area contributed by atoms with E-state index < -0.39 is 5.60 Å². The molecular weight excluding hydrogens is 214 g/mol. The second-order valence-electron chi connectivity index (χ2n) is 5.48. The van der Waals surface area contributed by atoms with Crippen LogP contribution in [0.15, 0.2) is 30.3 Å². The third-order valence-corrected chi connectivity index (χ3v) is 2.66. The SMILES string of the molecule is CC(C)(C)OC(=O)N1C[C@H]1Cc1ccccc1. The van der Waals surface area contributed by atoms with Crippen molar-refractivity contribution in [3.63, 3.8) is 0 Å². The number of rotatable bonds is 2. The van der Waals surface area contributed by atoms with Crippen LogP contribution in [0.4, 0.5) is 4.79 Å². The fourth-order valence-electron chi connectivity index (χ4n) is 1.78. The Labute approximate surface area is 102 Å². The van der Waals surface area contributed by atoms with Crippen molar-refractivity contribution in [1.29, 1.82) is 0 Å². The van der Waals surface area contributed by atoms with Gasteiger partial charge in [-0.1, -0.05) is 30.3 Å². The van der Waals surface area contributed by atoms with Gasteiger partial charge in [-0.25, -0.2) is 4.79 Å². The van der Waals surface area contributed by atoms with Gasteiger partial charge in [-0.15, -0.1) is 0 Å². The Bertz CT molecular complexity index is 394. The van der Waals surface area contributed by atoms with E-state index in [1.165, 1.54) is 5.56 Å². The van der Waals surface area contributed by atoms with Crippen molar-refractivity contribution in [2.45, 2.75) is 38.8 Å². The molecule has 1 fully saturated rings. The molecule has 0 bridgehead atoms. The van der Waals surface area contributed by atoms with Crippen molar-refractivity contribution in [2.75, 3.05) is 6.54 Å². The molecule has 1 aromatic rings. The second kappa shape index (κ2) is 4.40. The number of carbonyl (C=O) groups is 1. The Balaban J connectivity index is 1.83. The largest absolute Gasteiger partial charge is 0.444 e. The maximum Gasteiger partial charge on any atom is 0.410 e. The maximum absolute atomic E-state index is 11.7. The van der Waals surface area contributed by atoms with Crippen LogP contribution in [-0.4, -0.2) is 29.2 Å². The van der Waals surface area contributed by atoms with Gasteiger partial charge < -0.3 is 9.64 Å². The van der Waals surface area contributed by atoms with E-state index in [0.29, 0.717) is 6.04 Å². The number of amides is 1. The van der Waals surface area contributed by atoms with E-state index in [9.17, 15) is 4.79 Å². The highest BCUT2D eigenvalue weighted by Gasteiger charge is 2.40. The van der Waals surface area contributed by atoms with Crippen molar-refractivity contribution in [1.82, 2.24) is 4.90 Å². The van der Waals surface area contributed by atoms with Gasteiger partial charge in [-0.3, -0.25) is 0 Å². The molecule has 0 N–H and O–H groups in total. The fourth-order valence-corrected chi connectivity index (χ4v) is 1.78. The molecule has 1 atom stereocenters. The molecule has 0 radical (unpaired) electrons. The van der Waals surface area contributed by atoms with E-state index in [4.69, 9.17) is 4.74 Å². The summed E-state index contributed by atoms with van der Waals surface area (Å²) < 4.78 is 5.32. The van der Waals surface area contributed by atoms with Gasteiger partial charge in [0.15, 0.2) is 0 Å². The highest BCUT2D eigenvalue weighted by atomic mass is 16.6. The molecule has 1 amide bonds. The third kappa shape index (κ3) is 3.48. The summed E-state index contributed by atoms with van der Waals surface area (Å²) in [6, 6.07) is 10.5. The molecular formula is C14H19NO2. The first-order valence-electron chi connectivity index (χ1n) is 5.99. The zero-order chi connectivity index (χ0) is 12.5. The Kier molecular flexibility index (Phi) is 3.09. The molecule has 0 saturated carbocycles. The Morgan fingerprint density at radius 3 is 2.59 bits per heavy atom. The smallest absolute Gasteiger partial charge is 0.410 e. The first-order chi connectivity index (χ1) is 7.96. The zero-order valence-electron chi connectivity index (χ0n) is 10.6. The van der Waals surface area contributed by atoms with E-state index in [-0.39, 0.29) is 6.09 Å². The zero-order valence-corrected chi connectivity index (χ0v) is 10.6. The van der Waals surface area contributed by atoms with Crippen LogP contribution < -0.4 is 0 Å². The van der Waals surface area contributed by atoms with E-state index in [1.807, 2.05) is 39.0 Å². The lowest BCUT2D eigenvalue weighted by atomic mass is 10.1. The summed E-state index contributed by atoms with van der Waals surface area (Å²) in [6.07, 6.45) is 0.721. The van der Waals surface area contributed by atoms with E-state index in [0.717, 1.165) is 13.0 Å². The number of carbonyl (C=O) groups excluding carboxylic acids is 1. The molecule has 1 saturated heterocycles. The first-order valence-corrected chi connectivity index (χ1v) is 5.99. The summed E-state index contributed by atoms with van der Waals surface area (Å²) in [5, 5.41) is 0. The van der Waals surface area contributed by atoms with Gasteiger partial charge in [-0.05, 0) is 32.8 Å². The summed E-state index contributed by atoms with van der Waals surface area (Å²) in [7, 11) is 0. The maximum atomic E-state index is 11.7. The molecule has 17 heavy (non-hydrogen) atoms. The predicted octanol–water partition coefficient (Wildman–Crippen LogP) is 2.85. The lowest BCUT2D eigenvalue weighted by Crippen LogP contribution is -2.28. The van der Waals surface area contributed by atoms with Crippen LogP contribution in [0.3, 0.4) is 0 Å². The molecule has 1 heterocycles. The molecule has 0 aromatic heterocycles. The first kappa shape index (κ1) is 12.0. The van der Waals surface area contributed by atoms with E-state index in [1.54, 1.807) is 4.90 Å². The van der Waals surface area contributed by atoms with Crippen molar-refractivity contribution < 1.29 is 9.53 Å². The van der Waals surface area contributed by atoms with E-state index >= 15 is 0 Å². The van der Waals surface area contributed by atoms with Crippen LogP contribution in [0.2, 0.25) is 0 Å². The van der Waals surface area contributed by atoms with Gasteiger partial charge in [0.05, 0.1) is 6.04 Å². The Hall–Kier alpha value is -1.51. The average molecular weight is 233 g/mol. The van der Waals surface area contributed by atoms with Crippen LogP contribution >= 0.6 is 0 Å². The van der Waals surface area contributed by atoms with Crippen molar-refractivity contribution in [2.24, 2.45) is 0 Å². The summed E-state index contributed by atoms with van der Waals surface area (Å²) >= 11 is 0. The molecule has 0 aliphatic carbocycles. The highest BCUT2D eigenvalue weighted by molar-refractivity contribution is 5.71. The molecule has 1 aliphatic heterocycles. The number of hydrogen-bond donors (Lipinski definition) is 0. The molecule has 1 aromatic carbocycles. The van der Waals surface area contributed by atoms with Crippen molar-refractivity contribution >= 4 is 6.09 Å². The monoisotopic (exact) mass is 233 g/mol. The lowest BCUT2D eigenvalue weighted by molar-refractivity contribution is 0.0407. The molecule has 0 unspecified atom stereocenters. The number of ether oxygens (including phenoxy) is 1.